The Morgan fingerprint density at radius 2 is 1.16 bits per heavy atom. The molecule has 0 aliphatic heterocycles. The zero-order chi connectivity index (χ0) is 21.8. The average molecular weight is 445 g/mol. The SMILES string of the molecule is Cc1cc(C)n(P(c2ccccc2)N(C(C)C)P(c2ccccc2)c2ccccc2)n1. The Labute approximate surface area is 188 Å². The molecule has 1 heterocycles. The van der Waals surface area contributed by atoms with Crippen molar-refractivity contribution in [2.24, 2.45) is 0 Å². The molecule has 0 amide bonds. The Bertz CT molecular complexity index is 1060. The lowest BCUT2D eigenvalue weighted by Crippen LogP contribution is -2.35. The number of hydrogen-bond donors (Lipinski definition) is 0. The van der Waals surface area contributed by atoms with Crippen molar-refractivity contribution in [2.75, 3.05) is 0 Å². The van der Waals surface area contributed by atoms with Crippen molar-refractivity contribution in [1.29, 1.82) is 0 Å². The van der Waals surface area contributed by atoms with Crippen LogP contribution in [0.1, 0.15) is 25.2 Å². The largest absolute Gasteiger partial charge is 0.229 e. The van der Waals surface area contributed by atoms with Gasteiger partial charge >= 0.3 is 0 Å². The van der Waals surface area contributed by atoms with Gasteiger partial charge in [0.15, 0.2) is 0 Å². The number of hydrogen-bond acceptors (Lipinski definition) is 2. The zero-order valence-corrected chi connectivity index (χ0v) is 20.3. The summed E-state index contributed by atoms with van der Waals surface area (Å²) in [6, 6.07) is 35.3. The van der Waals surface area contributed by atoms with Gasteiger partial charge in [-0.15, -0.1) is 0 Å². The molecule has 31 heavy (non-hydrogen) atoms. The van der Waals surface area contributed by atoms with E-state index >= 15 is 0 Å². The van der Waals surface area contributed by atoms with E-state index in [1.54, 1.807) is 0 Å². The second kappa shape index (κ2) is 9.88. The summed E-state index contributed by atoms with van der Waals surface area (Å²) in [5, 5.41) is 9.02. The van der Waals surface area contributed by atoms with Crippen LogP contribution >= 0.6 is 16.3 Å². The van der Waals surface area contributed by atoms with E-state index in [9.17, 15) is 0 Å². The normalized spacial score (nSPS) is 12.6. The Hall–Kier alpha value is -2.31. The van der Waals surface area contributed by atoms with E-state index in [2.05, 4.69) is 134 Å². The molecule has 0 bridgehead atoms. The van der Waals surface area contributed by atoms with Crippen LogP contribution in [0.25, 0.3) is 0 Å². The van der Waals surface area contributed by atoms with E-state index in [1.165, 1.54) is 21.6 Å². The molecular formula is C26H29N3P2. The predicted molar refractivity (Wildman–Crippen MR) is 136 cm³/mol. The molecule has 0 fully saturated rings. The van der Waals surface area contributed by atoms with Gasteiger partial charge in [0, 0.05) is 25.1 Å². The van der Waals surface area contributed by atoms with Crippen LogP contribution in [0.3, 0.4) is 0 Å². The second-order valence-corrected chi connectivity index (χ2v) is 12.1. The van der Waals surface area contributed by atoms with Crippen LogP contribution in [0, 0.1) is 13.8 Å². The van der Waals surface area contributed by atoms with Gasteiger partial charge in [0.25, 0.3) is 0 Å². The summed E-state index contributed by atoms with van der Waals surface area (Å²) in [5.41, 5.74) is 2.27. The first-order valence-corrected chi connectivity index (χ1v) is 13.2. The van der Waals surface area contributed by atoms with Crippen LogP contribution in [0.2, 0.25) is 0 Å². The molecule has 0 saturated heterocycles. The molecule has 1 aromatic heterocycles. The Morgan fingerprint density at radius 3 is 1.55 bits per heavy atom. The summed E-state index contributed by atoms with van der Waals surface area (Å²) in [7, 11) is -1.61. The summed E-state index contributed by atoms with van der Waals surface area (Å²) in [4.78, 5) is 0. The van der Waals surface area contributed by atoms with Gasteiger partial charge in [0.05, 0.1) is 5.69 Å². The molecular weight excluding hydrogens is 416 g/mol. The van der Waals surface area contributed by atoms with Gasteiger partial charge < -0.3 is 0 Å². The van der Waals surface area contributed by atoms with Crippen molar-refractivity contribution in [3.8, 4) is 0 Å². The van der Waals surface area contributed by atoms with Crippen molar-refractivity contribution >= 4 is 32.2 Å². The maximum atomic E-state index is 4.97. The first-order chi connectivity index (χ1) is 15.1. The molecule has 0 saturated carbocycles. The van der Waals surface area contributed by atoms with Gasteiger partial charge in [-0.3, -0.25) is 0 Å². The van der Waals surface area contributed by atoms with Gasteiger partial charge in [-0.25, -0.2) is 8.89 Å². The molecule has 0 aliphatic carbocycles. The molecule has 4 rings (SSSR count). The van der Waals surface area contributed by atoms with E-state index in [-0.39, 0.29) is 0 Å². The highest BCUT2D eigenvalue weighted by Gasteiger charge is 2.35. The first-order valence-electron chi connectivity index (χ1n) is 10.6. The van der Waals surface area contributed by atoms with Gasteiger partial charge in [-0.05, 0) is 44.4 Å². The van der Waals surface area contributed by atoms with E-state index in [0.717, 1.165) is 5.69 Å². The van der Waals surface area contributed by atoms with Crippen LogP contribution in [-0.4, -0.2) is 20.0 Å². The number of benzene rings is 3. The van der Waals surface area contributed by atoms with Gasteiger partial charge in [-0.1, -0.05) is 91.0 Å². The Morgan fingerprint density at radius 1 is 0.710 bits per heavy atom. The first kappa shape index (κ1) is 21.9. The van der Waals surface area contributed by atoms with E-state index in [0.29, 0.717) is 6.04 Å². The molecule has 3 aromatic carbocycles. The molecule has 0 radical (unpaired) electrons. The second-order valence-electron chi connectivity index (χ2n) is 7.84. The minimum atomic E-state index is -0.873. The third-order valence-electron chi connectivity index (χ3n) is 5.01. The maximum Gasteiger partial charge on any atom is 0.128 e. The monoisotopic (exact) mass is 445 g/mol. The summed E-state index contributed by atoms with van der Waals surface area (Å²) in [5.74, 6) is 0. The highest BCUT2D eigenvalue weighted by Crippen LogP contribution is 2.57. The van der Waals surface area contributed by atoms with Gasteiger partial charge in [0.2, 0.25) is 0 Å². The maximum absolute atomic E-state index is 4.97. The zero-order valence-electron chi connectivity index (χ0n) is 18.6. The molecule has 0 aliphatic rings. The molecule has 158 valence electrons. The fraction of sp³-hybridized carbons (Fsp3) is 0.192. The molecule has 4 aromatic rings. The summed E-state index contributed by atoms with van der Waals surface area (Å²) in [6.45, 7) is 8.87. The topological polar surface area (TPSA) is 21.1 Å². The van der Waals surface area contributed by atoms with Crippen molar-refractivity contribution < 1.29 is 0 Å². The minimum Gasteiger partial charge on any atom is -0.229 e. The van der Waals surface area contributed by atoms with Crippen LogP contribution in [-0.2, 0) is 0 Å². The number of rotatable bonds is 7. The molecule has 0 spiro atoms. The fourth-order valence-electron chi connectivity index (χ4n) is 3.74. The lowest BCUT2D eigenvalue weighted by atomic mass is 10.4. The van der Waals surface area contributed by atoms with Gasteiger partial charge in [-0.2, -0.15) is 5.10 Å². The predicted octanol–water partition coefficient (Wildman–Crippen LogP) is 5.74. The Kier molecular flexibility index (Phi) is 6.98. The summed E-state index contributed by atoms with van der Waals surface area (Å²) >= 11 is 0. The van der Waals surface area contributed by atoms with Crippen molar-refractivity contribution in [3.05, 3.63) is 108 Å². The molecule has 3 nitrogen and oxygen atoms in total. The summed E-state index contributed by atoms with van der Waals surface area (Å²) in [6.07, 6.45) is 0. The number of aromatic nitrogens is 2. The number of nitrogens with zero attached hydrogens (tertiary/aromatic N) is 3. The van der Waals surface area contributed by atoms with Crippen molar-refractivity contribution in [1.82, 2.24) is 14.0 Å². The van der Waals surface area contributed by atoms with Crippen LogP contribution in [0.15, 0.2) is 97.1 Å². The Balaban J connectivity index is 1.95. The van der Waals surface area contributed by atoms with Crippen molar-refractivity contribution in [2.45, 2.75) is 33.7 Å². The lowest BCUT2D eigenvalue weighted by molar-refractivity contribution is 0.570. The summed E-state index contributed by atoms with van der Waals surface area (Å²) < 4.78 is 4.98. The third-order valence-corrected chi connectivity index (χ3v) is 10.9. The highest BCUT2D eigenvalue weighted by atomic mass is 31.2. The molecule has 0 N–H and O–H groups in total. The molecule has 5 heteroatoms. The third kappa shape index (κ3) is 4.80. The fourth-order valence-corrected chi connectivity index (χ4v) is 9.81. The van der Waals surface area contributed by atoms with E-state index in [4.69, 9.17) is 5.10 Å². The highest BCUT2D eigenvalue weighted by molar-refractivity contribution is 7.81. The minimum absolute atomic E-state index is 0.335. The quantitative estimate of drug-likeness (QED) is 0.338. The smallest absolute Gasteiger partial charge is 0.128 e. The molecule has 1 atom stereocenters. The van der Waals surface area contributed by atoms with Crippen LogP contribution in [0.4, 0.5) is 0 Å². The van der Waals surface area contributed by atoms with Crippen LogP contribution < -0.4 is 15.9 Å². The van der Waals surface area contributed by atoms with Gasteiger partial charge in [0.1, 0.15) is 8.22 Å². The van der Waals surface area contributed by atoms with Crippen LogP contribution in [0.5, 0.6) is 0 Å². The standard InChI is InChI=1S/C26H29N3P2/c1-21(2)29(30(24-14-8-5-9-15-24)25-16-10-6-11-17-25)31(26-18-12-7-13-19-26)28-23(4)20-22(3)27-28/h5-21H,1-4H3. The molecule has 1 unspecified atom stereocenters. The van der Waals surface area contributed by atoms with E-state index in [1.807, 2.05) is 0 Å². The average Bonchev–Trinajstić information content (AvgIpc) is 3.13. The van der Waals surface area contributed by atoms with Crippen molar-refractivity contribution in [3.63, 3.8) is 0 Å². The lowest BCUT2D eigenvalue weighted by Gasteiger charge is -2.41. The number of aryl methyl sites for hydroxylation is 2. The van der Waals surface area contributed by atoms with E-state index < -0.39 is 16.3 Å².